The van der Waals surface area contributed by atoms with E-state index in [1.165, 1.54) is 16.9 Å². The second-order valence-corrected chi connectivity index (χ2v) is 9.86. The quantitative estimate of drug-likeness (QED) is 0.262. The predicted molar refractivity (Wildman–Crippen MR) is 149 cm³/mol. The van der Waals surface area contributed by atoms with E-state index in [0.29, 0.717) is 27.7 Å². The summed E-state index contributed by atoms with van der Waals surface area (Å²) in [5.41, 5.74) is 6.07. The van der Waals surface area contributed by atoms with Crippen LogP contribution in [0.4, 0.5) is 10.8 Å². The number of aromatic nitrogens is 1. The van der Waals surface area contributed by atoms with E-state index in [0.717, 1.165) is 33.5 Å². The lowest BCUT2D eigenvalue weighted by Crippen LogP contribution is -2.21. The molecule has 5 rings (SSSR count). The molecule has 0 saturated carbocycles. The third-order valence-corrected chi connectivity index (χ3v) is 7.14. The van der Waals surface area contributed by atoms with Crippen molar-refractivity contribution in [1.82, 2.24) is 4.98 Å². The SMILES string of the molecule is CCc1sc(NC(=O)c2cc3cc(OC)ccc3oc2=Nc2ccc(C)cc2)nc1-c1ccc(C)cc1. The number of hydrogen-bond donors (Lipinski definition) is 1. The number of anilines is 1. The van der Waals surface area contributed by atoms with E-state index in [9.17, 15) is 4.79 Å². The summed E-state index contributed by atoms with van der Waals surface area (Å²) >= 11 is 1.48. The van der Waals surface area contributed by atoms with Crippen LogP contribution in [-0.2, 0) is 6.42 Å². The molecule has 0 aliphatic carbocycles. The fourth-order valence-corrected chi connectivity index (χ4v) is 4.88. The molecule has 0 bridgehead atoms. The largest absolute Gasteiger partial charge is 0.497 e. The minimum Gasteiger partial charge on any atom is -0.497 e. The van der Waals surface area contributed by atoms with Crippen LogP contribution in [0.25, 0.3) is 22.2 Å². The summed E-state index contributed by atoms with van der Waals surface area (Å²) in [5.74, 6) is 0.332. The summed E-state index contributed by atoms with van der Waals surface area (Å²) in [6.45, 7) is 6.16. The minimum absolute atomic E-state index is 0.227. The van der Waals surface area contributed by atoms with Gasteiger partial charge in [-0.1, -0.05) is 54.4 Å². The molecular formula is C30H27N3O3S. The normalized spacial score (nSPS) is 11.6. The number of thiazole rings is 1. The molecule has 2 aromatic heterocycles. The molecule has 0 fully saturated rings. The van der Waals surface area contributed by atoms with Gasteiger partial charge >= 0.3 is 0 Å². The first-order valence-electron chi connectivity index (χ1n) is 12.0. The second-order valence-electron chi connectivity index (χ2n) is 8.78. The van der Waals surface area contributed by atoms with E-state index < -0.39 is 0 Å². The summed E-state index contributed by atoms with van der Waals surface area (Å²) in [4.78, 5) is 24.1. The topological polar surface area (TPSA) is 76.7 Å². The molecule has 1 amide bonds. The van der Waals surface area contributed by atoms with Gasteiger partial charge in [0.25, 0.3) is 5.91 Å². The fraction of sp³-hybridized carbons (Fsp3) is 0.167. The molecular weight excluding hydrogens is 482 g/mol. The summed E-state index contributed by atoms with van der Waals surface area (Å²) in [7, 11) is 1.60. The maximum absolute atomic E-state index is 13.6. The van der Waals surface area contributed by atoms with Crippen LogP contribution in [0.3, 0.4) is 0 Å². The van der Waals surface area contributed by atoms with E-state index in [2.05, 4.69) is 48.4 Å². The third-order valence-electron chi connectivity index (χ3n) is 6.03. The van der Waals surface area contributed by atoms with Gasteiger partial charge < -0.3 is 9.15 Å². The molecule has 0 aliphatic heterocycles. The highest BCUT2D eigenvalue weighted by Crippen LogP contribution is 2.32. The second kappa shape index (κ2) is 10.4. The van der Waals surface area contributed by atoms with Gasteiger partial charge in [0.2, 0.25) is 5.55 Å². The Morgan fingerprint density at radius 2 is 1.70 bits per heavy atom. The minimum atomic E-state index is -0.341. The first-order valence-corrected chi connectivity index (χ1v) is 12.9. The lowest BCUT2D eigenvalue weighted by molar-refractivity contribution is 0.102. The highest BCUT2D eigenvalue weighted by atomic mass is 32.1. The number of benzene rings is 3. The Balaban J connectivity index is 1.57. The van der Waals surface area contributed by atoms with Crippen molar-refractivity contribution in [3.63, 3.8) is 0 Å². The molecule has 37 heavy (non-hydrogen) atoms. The van der Waals surface area contributed by atoms with Gasteiger partial charge in [0.05, 0.1) is 18.5 Å². The summed E-state index contributed by atoms with van der Waals surface area (Å²) in [6, 6.07) is 23.2. The zero-order valence-corrected chi connectivity index (χ0v) is 22.0. The van der Waals surface area contributed by atoms with Crippen molar-refractivity contribution in [3.8, 4) is 17.0 Å². The van der Waals surface area contributed by atoms with Gasteiger partial charge in [-0.25, -0.2) is 9.98 Å². The van der Waals surface area contributed by atoms with E-state index >= 15 is 0 Å². The Morgan fingerprint density at radius 1 is 1.00 bits per heavy atom. The standard InChI is InChI=1S/C30H27N3O3S/c1-5-26-27(20-10-6-18(2)7-11-20)32-30(37-26)33-28(34)24-17-21-16-23(35-4)14-15-25(21)36-29(24)31-22-12-8-19(3)9-13-22/h6-17H,5H2,1-4H3,(H,32,33,34). The van der Waals surface area contributed by atoms with Gasteiger partial charge in [-0.05, 0) is 56.7 Å². The number of methoxy groups -OCH3 is 1. The van der Waals surface area contributed by atoms with E-state index in [1.54, 1.807) is 13.2 Å². The number of carbonyl (C=O) groups is 1. The van der Waals surface area contributed by atoms with Crippen LogP contribution >= 0.6 is 11.3 Å². The third kappa shape index (κ3) is 5.32. The Morgan fingerprint density at radius 3 is 2.38 bits per heavy atom. The summed E-state index contributed by atoms with van der Waals surface area (Å²) < 4.78 is 11.5. The monoisotopic (exact) mass is 509 g/mol. The van der Waals surface area contributed by atoms with Crippen molar-refractivity contribution in [2.45, 2.75) is 27.2 Å². The smallest absolute Gasteiger partial charge is 0.262 e. The Kier molecular flexibility index (Phi) is 6.88. The maximum Gasteiger partial charge on any atom is 0.262 e. The van der Waals surface area contributed by atoms with Crippen molar-refractivity contribution in [2.75, 3.05) is 12.4 Å². The number of ether oxygens (including phenoxy) is 1. The summed E-state index contributed by atoms with van der Waals surface area (Å²) in [6.07, 6.45) is 0.815. The van der Waals surface area contributed by atoms with Gasteiger partial charge in [-0.15, -0.1) is 11.3 Å². The lowest BCUT2D eigenvalue weighted by Gasteiger charge is -2.07. The van der Waals surface area contributed by atoms with Crippen LogP contribution in [0.5, 0.6) is 5.75 Å². The molecule has 0 unspecified atom stereocenters. The highest BCUT2D eigenvalue weighted by molar-refractivity contribution is 7.16. The maximum atomic E-state index is 13.6. The number of rotatable bonds is 6. The zero-order valence-electron chi connectivity index (χ0n) is 21.2. The average molecular weight is 510 g/mol. The van der Waals surface area contributed by atoms with Crippen LogP contribution in [0.15, 0.2) is 82.2 Å². The number of carbonyl (C=O) groups excluding carboxylic acids is 1. The molecule has 0 saturated heterocycles. The number of aryl methyl sites for hydroxylation is 3. The Labute approximate surface area is 219 Å². The molecule has 7 heteroatoms. The molecule has 0 atom stereocenters. The lowest BCUT2D eigenvalue weighted by atomic mass is 10.1. The van der Waals surface area contributed by atoms with Crippen LogP contribution in [0, 0.1) is 13.8 Å². The van der Waals surface area contributed by atoms with E-state index in [4.69, 9.17) is 14.1 Å². The number of nitrogens with zero attached hydrogens (tertiary/aromatic N) is 2. The molecule has 186 valence electrons. The number of hydrogen-bond acceptors (Lipinski definition) is 6. The fourth-order valence-electron chi connectivity index (χ4n) is 3.96. The van der Waals surface area contributed by atoms with Crippen molar-refractivity contribution in [1.29, 1.82) is 0 Å². The first kappa shape index (κ1) is 24.5. The van der Waals surface area contributed by atoms with Crippen LogP contribution < -0.4 is 15.6 Å². The molecule has 5 aromatic rings. The van der Waals surface area contributed by atoms with E-state index in [-0.39, 0.29) is 11.5 Å². The average Bonchev–Trinajstić information content (AvgIpc) is 3.32. The number of amides is 1. The van der Waals surface area contributed by atoms with Gasteiger partial charge in [0.15, 0.2) is 5.13 Å². The van der Waals surface area contributed by atoms with Crippen molar-refractivity contribution >= 4 is 39.0 Å². The van der Waals surface area contributed by atoms with Gasteiger partial charge in [0, 0.05) is 15.8 Å². The van der Waals surface area contributed by atoms with Crippen LogP contribution in [-0.4, -0.2) is 18.0 Å². The van der Waals surface area contributed by atoms with Gasteiger partial charge in [0.1, 0.15) is 16.9 Å². The zero-order chi connectivity index (χ0) is 25.9. The number of nitrogens with one attached hydrogen (secondary N) is 1. The van der Waals surface area contributed by atoms with E-state index in [1.807, 2.05) is 49.4 Å². The molecule has 0 radical (unpaired) electrons. The van der Waals surface area contributed by atoms with Crippen molar-refractivity contribution in [2.24, 2.45) is 4.99 Å². The highest BCUT2D eigenvalue weighted by Gasteiger charge is 2.18. The van der Waals surface area contributed by atoms with Gasteiger partial charge in [-0.2, -0.15) is 0 Å². The van der Waals surface area contributed by atoms with Crippen LogP contribution in [0.1, 0.15) is 33.3 Å². The summed E-state index contributed by atoms with van der Waals surface area (Å²) in [5, 5.41) is 4.25. The molecule has 6 nitrogen and oxygen atoms in total. The molecule has 0 spiro atoms. The number of fused-ring (bicyclic) bond motifs is 1. The van der Waals surface area contributed by atoms with Crippen LogP contribution in [0.2, 0.25) is 0 Å². The first-order chi connectivity index (χ1) is 17.9. The molecule has 0 aliphatic rings. The predicted octanol–water partition coefficient (Wildman–Crippen LogP) is 7.23. The van der Waals surface area contributed by atoms with Crippen molar-refractivity contribution < 1.29 is 13.9 Å². The Hall–Kier alpha value is -4.23. The van der Waals surface area contributed by atoms with Gasteiger partial charge in [-0.3, -0.25) is 10.1 Å². The Bertz CT molecular complexity index is 1650. The van der Waals surface area contributed by atoms with Crippen molar-refractivity contribution in [3.05, 3.63) is 99.9 Å². The molecule has 1 N–H and O–H groups in total. The molecule has 3 aromatic carbocycles. The molecule has 2 heterocycles.